The highest BCUT2D eigenvalue weighted by Gasteiger charge is 2.35. The largest absolute Gasteiger partial charge is 0.395 e. The molecule has 0 spiro atoms. The topological polar surface area (TPSA) is 109 Å². The molecule has 1 amide bonds. The van der Waals surface area contributed by atoms with Crippen LogP contribution in [0.3, 0.4) is 0 Å². The first-order valence-corrected chi connectivity index (χ1v) is 6.88. The van der Waals surface area contributed by atoms with Gasteiger partial charge in [0.1, 0.15) is 17.6 Å². The molecule has 1 heterocycles. The molecule has 1 aromatic rings. The maximum absolute atomic E-state index is 12.6. The molecule has 2 N–H and O–H groups in total. The van der Waals surface area contributed by atoms with E-state index >= 15 is 0 Å². The molecule has 114 valence electrons. The fourth-order valence-corrected chi connectivity index (χ4v) is 2.14. The van der Waals surface area contributed by atoms with E-state index in [-0.39, 0.29) is 30.4 Å². The van der Waals surface area contributed by atoms with Crippen molar-refractivity contribution in [1.82, 2.24) is 9.88 Å². The Morgan fingerprint density at radius 2 is 2.33 bits per heavy atom. The molecule has 8 heteroatoms. The van der Waals surface area contributed by atoms with Crippen molar-refractivity contribution >= 4 is 17.4 Å². The second-order valence-corrected chi connectivity index (χ2v) is 4.83. The molecule has 0 unspecified atom stereocenters. The number of carbonyl (C=O) groups is 1. The van der Waals surface area contributed by atoms with Crippen LogP contribution in [0.2, 0.25) is 0 Å². The van der Waals surface area contributed by atoms with E-state index in [0.717, 1.165) is 19.0 Å². The summed E-state index contributed by atoms with van der Waals surface area (Å²) in [6.07, 6.45) is 2.82. The van der Waals surface area contributed by atoms with E-state index in [4.69, 9.17) is 5.11 Å². The van der Waals surface area contributed by atoms with Gasteiger partial charge < -0.3 is 15.3 Å². The predicted octanol–water partition coefficient (Wildman–Crippen LogP) is 1.02. The molecule has 8 nitrogen and oxygen atoms in total. The van der Waals surface area contributed by atoms with Gasteiger partial charge in [0.25, 0.3) is 11.6 Å². The van der Waals surface area contributed by atoms with E-state index < -0.39 is 10.8 Å². The van der Waals surface area contributed by atoms with Gasteiger partial charge in [0.15, 0.2) is 0 Å². The predicted molar refractivity (Wildman–Crippen MR) is 76.2 cm³/mol. The number of aliphatic hydroxyl groups excluding tert-OH is 1. The van der Waals surface area contributed by atoms with Crippen molar-refractivity contribution in [3.63, 3.8) is 0 Å². The number of hydrogen-bond donors (Lipinski definition) is 2. The van der Waals surface area contributed by atoms with Gasteiger partial charge in [0.05, 0.1) is 11.5 Å². The van der Waals surface area contributed by atoms with Crippen LogP contribution >= 0.6 is 0 Å². The number of aromatic nitrogens is 1. The maximum Gasteiger partial charge on any atom is 0.300 e. The first kappa shape index (κ1) is 15.2. The number of carbonyl (C=O) groups excluding carboxylic acids is 1. The lowest BCUT2D eigenvalue weighted by Gasteiger charge is -2.21. The van der Waals surface area contributed by atoms with Gasteiger partial charge in [0, 0.05) is 25.2 Å². The van der Waals surface area contributed by atoms with Crippen molar-refractivity contribution in [2.24, 2.45) is 0 Å². The van der Waals surface area contributed by atoms with Gasteiger partial charge in [-0.3, -0.25) is 14.9 Å². The number of amides is 1. The molecule has 1 aromatic heterocycles. The molecule has 1 fully saturated rings. The zero-order chi connectivity index (χ0) is 15.4. The number of nitrogens with one attached hydrogen (secondary N) is 1. The lowest BCUT2D eigenvalue weighted by atomic mass is 10.2. The maximum atomic E-state index is 12.6. The number of pyridine rings is 1. The summed E-state index contributed by atoms with van der Waals surface area (Å²) < 4.78 is 0. The average Bonchev–Trinajstić information content (AvgIpc) is 3.28. The van der Waals surface area contributed by atoms with Crippen molar-refractivity contribution < 1.29 is 14.8 Å². The number of nitro groups is 1. The smallest absolute Gasteiger partial charge is 0.300 e. The lowest BCUT2D eigenvalue weighted by molar-refractivity contribution is -0.385. The van der Waals surface area contributed by atoms with Crippen LogP contribution in [-0.2, 0) is 0 Å². The molecule has 21 heavy (non-hydrogen) atoms. The Hall–Kier alpha value is -2.22. The van der Waals surface area contributed by atoms with Gasteiger partial charge in [-0.15, -0.1) is 0 Å². The fraction of sp³-hybridized carbons (Fsp3) is 0.538. The molecule has 1 saturated carbocycles. The summed E-state index contributed by atoms with van der Waals surface area (Å²) in [6, 6.07) is 1.47. The molecule has 1 aliphatic carbocycles. The van der Waals surface area contributed by atoms with Crippen LogP contribution in [0.4, 0.5) is 11.5 Å². The second-order valence-electron chi connectivity index (χ2n) is 4.83. The van der Waals surface area contributed by atoms with Crippen LogP contribution in [-0.4, -0.2) is 51.6 Å². The Morgan fingerprint density at radius 1 is 1.62 bits per heavy atom. The zero-order valence-electron chi connectivity index (χ0n) is 11.8. The minimum absolute atomic E-state index is 0.00583. The van der Waals surface area contributed by atoms with Crippen molar-refractivity contribution in [3.05, 3.63) is 27.9 Å². The summed E-state index contributed by atoms with van der Waals surface area (Å²) in [6.45, 7) is 2.48. The number of anilines is 1. The highest BCUT2D eigenvalue weighted by molar-refractivity contribution is 5.99. The van der Waals surface area contributed by atoms with E-state index in [1.165, 1.54) is 11.0 Å². The molecule has 0 atom stereocenters. The first-order chi connectivity index (χ1) is 10.1. The van der Waals surface area contributed by atoms with Crippen LogP contribution < -0.4 is 5.32 Å². The summed E-state index contributed by atoms with van der Waals surface area (Å²) in [5.74, 6) is -0.00833. The van der Waals surface area contributed by atoms with Crippen LogP contribution in [0, 0.1) is 10.1 Å². The minimum Gasteiger partial charge on any atom is -0.395 e. The molecular formula is C13H18N4O4. The van der Waals surface area contributed by atoms with Gasteiger partial charge in [-0.05, 0) is 19.8 Å². The monoisotopic (exact) mass is 294 g/mol. The highest BCUT2D eigenvalue weighted by atomic mass is 16.6. The number of aliphatic hydroxyl groups is 1. The van der Waals surface area contributed by atoms with Gasteiger partial charge in [-0.2, -0.15) is 0 Å². The van der Waals surface area contributed by atoms with Crippen LogP contribution in [0.25, 0.3) is 0 Å². The molecule has 0 bridgehead atoms. The van der Waals surface area contributed by atoms with Crippen LogP contribution in [0.15, 0.2) is 12.3 Å². The SMILES string of the molecule is CCNc1cc(C(=O)N(CCO)C2CC2)c([N+](=O)[O-])cn1. The summed E-state index contributed by atoms with van der Waals surface area (Å²) in [5, 5.41) is 23.1. The number of nitrogens with zero attached hydrogens (tertiary/aromatic N) is 3. The minimum atomic E-state index is -0.611. The quantitative estimate of drug-likeness (QED) is 0.574. The van der Waals surface area contributed by atoms with Crippen molar-refractivity contribution in [1.29, 1.82) is 0 Å². The van der Waals surface area contributed by atoms with Crippen molar-refractivity contribution in [2.75, 3.05) is 25.0 Å². The number of hydrogen-bond acceptors (Lipinski definition) is 6. The van der Waals surface area contributed by atoms with E-state index in [2.05, 4.69) is 10.3 Å². The Kier molecular flexibility index (Phi) is 4.69. The normalized spacial score (nSPS) is 13.8. The molecule has 0 radical (unpaired) electrons. The summed E-state index contributed by atoms with van der Waals surface area (Å²) >= 11 is 0. The fourth-order valence-electron chi connectivity index (χ4n) is 2.14. The van der Waals surface area contributed by atoms with Crippen molar-refractivity contribution in [2.45, 2.75) is 25.8 Å². The zero-order valence-corrected chi connectivity index (χ0v) is 11.8. The first-order valence-electron chi connectivity index (χ1n) is 6.88. The highest BCUT2D eigenvalue weighted by Crippen LogP contribution is 2.30. The molecule has 0 aromatic carbocycles. The Balaban J connectivity index is 2.35. The summed E-state index contributed by atoms with van der Waals surface area (Å²) in [7, 11) is 0. The van der Waals surface area contributed by atoms with Gasteiger partial charge in [-0.1, -0.05) is 0 Å². The van der Waals surface area contributed by atoms with Crippen molar-refractivity contribution in [3.8, 4) is 0 Å². The Bertz CT molecular complexity index is 545. The van der Waals surface area contributed by atoms with E-state index in [9.17, 15) is 14.9 Å². The average molecular weight is 294 g/mol. The third kappa shape index (κ3) is 3.46. The molecule has 0 aliphatic heterocycles. The molecule has 1 aliphatic rings. The van der Waals surface area contributed by atoms with Gasteiger partial charge >= 0.3 is 0 Å². The Morgan fingerprint density at radius 3 is 2.86 bits per heavy atom. The van der Waals surface area contributed by atoms with Gasteiger partial charge in [-0.25, -0.2) is 4.98 Å². The number of rotatable bonds is 7. The van der Waals surface area contributed by atoms with E-state index in [1.54, 1.807) is 0 Å². The Labute approximate surface area is 121 Å². The summed E-state index contributed by atoms with van der Waals surface area (Å²) in [4.78, 5) is 28.5. The lowest BCUT2D eigenvalue weighted by Crippen LogP contribution is -2.36. The third-order valence-electron chi connectivity index (χ3n) is 3.26. The molecule has 2 rings (SSSR count). The second kappa shape index (κ2) is 6.49. The molecular weight excluding hydrogens is 276 g/mol. The molecule has 0 saturated heterocycles. The third-order valence-corrected chi connectivity index (χ3v) is 3.26. The standard InChI is InChI=1S/C13H18N4O4/c1-2-14-12-7-10(11(8-15-12)17(20)21)13(19)16(5-6-18)9-3-4-9/h7-9,18H,2-6H2,1H3,(H,14,15). The van der Waals surface area contributed by atoms with Crippen LogP contribution in [0.5, 0.6) is 0 Å². The van der Waals surface area contributed by atoms with E-state index in [1.807, 2.05) is 6.92 Å². The summed E-state index contributed by atoms with van der Waals surface area (Å²) in [5.41, 5.74) is -0.309. The van der Waals surface area contributed by atoms with Crippen LogP contribution in [0.1, 0.15) is 30.1 Å². The van der Waals surface area contributed by atoms with Gasteiger partial charge in [0.2, 0.25) is 0 Å². The van der Waals surface area contributed by atoms with E-state index in [0.29, 0.717) is 12.4 Å².